The molecule has 1 aliphatic rings. The summed E-state index contributed by atoms with van der Waals surface area (Å²) < 4.78 is 5.45. The molecule has 0 saturated heterocycles. The van der Waals surface area contributed by atoms with Crippen molar-refractivity contribution in [3.05, 3.63) is 29.3 Å². The lowest BCUT2D eigenvalue weighted by atomic mass is 9.74. The summed E-state index contributed by atoms with van der Waals surface area (Å²) in [6, 6.07) is 1.95. The highest BCUT2D eigenvalue weighted by atomic mass is 28.3. The first-order valence-electron chi connectivity index (χ1n) is 7.27. The van der Waals surface area contributed by atoms with Crippen molar-refractivity contribution in [1.29, 1.82) is 0 Å². The molecule has 2 atom stereocenters. The number of methoxy groups -OCH3 is 1. The first-order chi connectivity index (χ1) is 9.62. The summed E-state index contributed by atoms with van der Waals surface area (Å²) >= 11 is 0. The molecule has 21 heavy (non-hydrogen) atoms. The highest BCUT2D eigenvalue weighted by molar-refractivity contribution is 6.88. The van der Waals surface area contributed by atoms with Crippen LogP contribution in [-0.4, -0.2) is 36.5 Å². The molecule has 1 aromatic rings. The molecule has 0 aliphatic heterocycles. The zero-order chi connectivity index (χ0) is 16.0. The molecule has 0 fully saturated rings. The van der Waals surface area contributed by atoms with Gasteiger partial charge in [0.05, 0.1) is 13.2 Å². The van der Waals surface area contributed by atoms with Crippen LogP contribution in [0.3, 0.4) is 0 Å². The third-order valence-corrected chi connectivity index (χ3v) is 6.05. The van der Waals surface area contributed by atoms with E-state index in [1.165, 1.54) is 0 Å². The Morgan fingerprint density at radius 2 is 2.10 bits per heavy atom. The lowest BCUT2D eigenvalue weighted by Gasteiger charge is -2.40. The zero-order valence-electron chi connectivity index (χ0n) is 13.5. The number of aromatic nitrogens is 1. The Bertz CT molecular complexity index is 580. The van der Waals surface area contributed by atoms with Crippen LogP contribution < -0.4 is 10.1 Å². The summed E-state index contributed by atoms with van der Waals surface area (Å²) in [6.45, 7) is 12.2. The average molecular weight is 307 g/mol. The van der Waals surface area contributed by atoms with Gasteiger partial charge in [-0.05, 0) is 31.4 Å². The molecule has 1 aromatic heterocycles. The third kappa shape index (κ3) is 2.54. The summed E-state index contributed by atoms with van der Waals surface area (Å²) in [5, 5.41) is 22.4. The molecule has 0 amide bonds. The van der Waals surface area contributed by atoms with E-state index in [1.807, 2.05) is 6.07 Å². The van der Waals surface area contributed by atoms with Gasteiger partial charge in [-0.1, -0.05) is 26.2 Å². The molecule has 0 radical (unpaired) electrons. The minimum Gasteiger partial charge on any atom is -0.481 e. The lowest BCUT2D eigenvalue weighted by molar-refractivity contribution is -0.0627. The van der Waals surface area contributed by atoms with E-state index < -0.39 is 19.8 Å². The molecule has 2 rings (SSSR count). The number of aliphatic hydroxyl groups is 2. The highest BCUT2D eigenvalue weighted by Crippen LogP contribution is 2.42. The van der Waals surface area contributed by atoms with E-state index >= 15 is 0 Å². The quantitative estimate of drug-likeness (QED) is 0.659. The van der Waals surface area contributed by atoms with Crippen molar-refractivity contribution in [3.8, 4) is 5.88 Å². The largest absolute Gasteiger partial charge is 0.481 e. The van der Waals surface area contributed by atoms with E-state index in [0.29, 0.717) is 29.9 Å². The van der Waals surface area contributed by atoms with Crippen LogP contribution in [0.4, 0.5) is 0 Å². The Balaban J connectivity index is 2.76. The minimum atomic E-state index is -1.67. The minimum absolute atomic E-state index is 0.473. The van der Waals surface area contributed by atoms with E-state index in [0.717, 1.165) is 10.9 Å². The number of aliphatic hydroxyl groups excluding tert-OH is 1. The van der Waals surface area contributed by atoms with E-state index in [9.17, 15) is 10.2 Å². The second-order valence-electron chi connectivity index (χ2n) is 6.89. The fourth-order valence-corrected chi connectivity index (χ4v) is 3.88. The predicted molar refractivity (Wildman–Crippen MR) is 86.8 cm³/mol. The van der Waals surface area contributed by atoms with Crippen molar-refractivity contribution >= 4 is 13.4 Å². The maximum absolute atomic E-state index is 11.1. The fourth-order valence-electron chi connectivity index (χ4n) is 2.87. The number of fused-ring (bicyclic) bond motifs is 1. The Morgan fingerprint density at radius 1 is 1.48 bits per heavy atom. The van der Waals surface area contributed by atoms with Gasteiger partial charge in [-0.3, -0.25) is 0 Å². The number of rotatable bonds is 3. The van der Waals surface area contributed by atoms with E-state index in [1.54, 1.807) is 14.0 Å². The van der Waals surface area contributed by atoms with Gasteiger partial charge in [-0.2, -0.15) is 0 Å². The SMILES string of the molecule is C=C(C)[C@]1(O)c2cc([Si](C)(C)C)nc(OC)c2CC[C@H]1O. The second kappa shape index (κ2) is 5.23. The van der Waals surface area contributed by atoms with Crippen molar-refractivity contribution in [2.45, 2.75) is 51.1 Å². The molecule has 0 saturated carbocycles. The summed E-state index contributed by atoms with van der Waals surface area (Å²) in [6.07, 6.45) is 0.277. The van der Waals surface area contributed by atoms with Crippen LogP contribution in [0.5, 0.6) is 5.88 Å². The molecule has 4 nitrogen and oxygen atoms in total. The van der Waals surface area contributed by atoms with Gasteiger partial charge < -0.3 is 14.9 Å². The van der Waals surface area contributed by atoms with Crippen molar-refractivity contribution in [1.82, 2.24) is 4.98 Å². The predicted octanol–water partition coefficient (Wildman–Crippen LogP) is 1.71. The van der Waals surface area contributed by atoms with Crippen LogP contribution >= 0.6 is 0 Å². The molecule has 0 spiro atoms. The normalized spacial score (nSPS) is 25.4. The zero-order valence-corrected chi connectivity index (χ0v) is 14.5. The van der Waals surface area contributed by atoms with Gasteiger partial charge >= 0.3 is 0 Å². The van der Waals surface area contributed by atoms with Crippen molar-refractivity contribution in [3.63, 3.8) is 0 Å². The summed E-state index contributed by atoms with van der Waals surface area (Å²) in [5.41, 5.74) is 0.720. The van der Waals surface area contributed by atoms with Gasteiger partial charge in [0.15, 0.2) is 0 Å². The average Bonchev–Trinajstić information content (AvgIpc) is 2.40. The Morgan fingerprint density at radius 3 is 2.57 bits per heavy atom. The molecular weight excluding hydrogens is 282 g/mol. The molecule has 2 N–H and O–H groups in total. The third-order valence-electron chi connectivity index (χ3n) is 4.26. The van der Waals surface area contributed by atoms with Crippen LogP contribution in [0.1, 0.15) is 24.5 Å². The molecule has 0 aromatic carbocycles. The fraction of sp³-hybridized carbons (Fsp3) is 0.562. The molecule has 0 unspecified atom stereocenters. The highest BCUT2D eigenvalue weighted by Gasteiger charge is 2.45. The lowest BCUT2D eigenvalue weighted by Crippen LogP contribution is -2.48. The van der Waals surface area contributed by atoms with Gasteiger partial charge in [-0.25, -0.2) is 4.98 Å². The summed E-state index contributed by atoms with van der Waals surface area (Å²) in [4.78, 5) is 4.64. The number of hydrogen-bond donors (Lipinski definition) is 2. The van der Waals surface area contributed by atoms with Crippen molar-refractivity contribution in [2.24, 2.45) is 0 Å². The van der Waals surface area contributed by atoms with Gasteiger partial charge in [0.1, 0.15) is 13.7 Å². The van der Waals surface area contributed by atoms with Crippen LogP contribution in [-0.2, 0) is 12.0 Å². The van der Waals surface area contributed by atoms with Gasteiger partial charge in [0.25, 0.3) is 0 Å². The maximum Gasteiger partial charge on any atom is 0.216 e. The monoisotopic (exact) mass is 307 g/mol. The first-order valence-corrected chi connectivity index (χ1v) is 10.8. The first kappa shape index (κ1) is 16.2. The molecule has 0 bridgehead atoms. The summed E-state index contributed by atoms with van der Waals surface area (Å²) in [5.74, 6) is 0.566. The smallest absolute Gasteiger partial charge is 0.216 e. The van der Waals surface area contributed by atoms with Gasteiger partial charge in [0, 0.05) is 16.4 Å². The van der Waals surface area contributed by atoms with E-state index in [4.69, 9.17) is 4.74 Å². The van der Waals surface area contributed by atoms with E-state index in [2.05, 4.69) is 31.2 Å². The molecule has 1 aliphatic carbocycles. The van der Waals surface area contributed by atoms with Crippen LogP contribution in [0.2, 0.25) is 19.6 Å². The number of nitrogens with zero attached hydrogens (tertiary/aromatic N) is 1. The van der Waals surface area contributed by atoms with Crippen LogP contribution in [0, 0.1) is 0 Å². The number of hydrogen-bond acceptors (Lipinski definition) is 4. The van der Waals surface area contributed by atoms with E-state index in [-0.39, 0.29) is 0 Å². The van der Waals surface area contributed by atoms with Gasteiger partial charge in [0.2, 0.25) is 5.88 Å². The Hall–Kier alpha value is -1.17. The topological polar surface area (TPSA) is 62.6 Å². The van der Waals surface area contributed by atoms with Crippen LogP contribution in [0.25, 0.3) is 0 Å². The van der Waals surface area contributed by atoms with Crippen molar-refractivity contribution in [2.75, 3.05) is 7.11 Å². The Kier molecular flexibility index (Phi) is 4.03. The van der Waals surface area contributed by atoms with Gasteiger partial charge in [-0.15, -0.1) is 0 Å². The van der Waals surface area contributed by atoms with Crippen molar-refractivity contribution < 1.29 is 14.9 Å². The summed E-state index contributed by atoms with van der Waals surface area (Å²) in [7, 11) is -0.0744. The maximum atomic E-state index is 11.1. The number of pyridine rings is 1. The molecule has 1 heterocycles. The Labute approximate surface area is 127 Å². The number of ether oxygens (including phenoxy) is 1. The van der Waals surface area contributed by atoms with Crippen LogP contribution in [0.15, 0.2) is 18.2 Å². The standard InChI is InChI=1S/C16H25NO3Si/c1-10(2)16(19)12-9-14(21(4,5)6)17-15(20-3)11(12)7-8-13(16)18/h9,13,18-19H,1,7-8H2,2-6H3/t13-,16+/m1/s1. The molecule has 5 heteroatoms. The second-order valence-corrected chi connectivity index (χ2v) is 11.9. The molecular formula is C16H25NO3Si. The molecule has 116 valence electrons.